The molecule has 0 saturated heterocycles. The number of aromatic nitrogens is 3. The van der Waals surface area contributed by atoms with Gasteiger partial charge in [0.2, 0.25) is 0 Å². The summed E-state index contributed by atoms with van der Waals surface area (Å²) in [5.41, 5.74) is 2.40. The number of para-hydroxylation sites is 1. The predicted octanol–water partition coefficient (Wildman–Crippen LogP) is 2.56. The molecule has 1 aromatic heterocycles. The Labute approximate surface area is 89.7 Å². The van der Waals surface area contributed by atoms with Crippen molar-refractivity contribution < 1.29 is 0 Å². The molecule has 0 spiro atoms. The van der Waals surface area contributed by atoms with Crippen molar-refractivity contribution in [1.29, 1.82) is 0 Å². The number of benzene rings is 1. The lowest BCUT2D eigenvalue weighted by molar-refractivity contribution is 0.577. The van der Waals surface area contributed by atoms with Gasteiger partial charge in [-0.15, -0.1) is 0 Å². The Balaban J connectivity index is 2.58. The molecule has 0 unspecified atom stereocenters. The second kappa shape index (κ2) is 3.50. The van der Waals surface area contributed by atoms with Gasteiger partial charge >= 0.3 is 0 Å². The minimum Gasteiger partial charge on any atom is -0.157 e. The summed E-state index contributed by atoms with van der Waals surface area (Å²) in [6.45, 7) is 6.57. The molecule has 0 aliphatic carbocycles. The molecular weight excluding hydrogens is 186 g/mol. The minimum absolute atomic E-state index is 0.101. The Bertz CT molecular complexity index is 438. The molecule has 0 radical (unpaired) electrons. The van der Waals surface area contributed by atoms with Gasteiger partial charge in [-0.3, -0.25) is 0 Å². The molecule has 2 rings (SSSR count). The minimum atomic E-state index is 0.101. The summed E-state index contributed by atoms with van der Waals surface area (Å²) in [7, 11) is 0. The third kappa shape index (κ3) is 1.91. The summed E-state index contributed by atoms with van der Waals surface area (Å²) < 4.78 is 0. The lowest BCUT2D eigenvalue weighted by atomic mass is 9.86. The van der Waals surface area contributed by atoms with Crippen molar-refractivity contribution in [2.75, 3.05) is 0 Å². The Morgan fingerprint density at radius 1 is 1.00 bits per heavy atom. The van der Waals surface area contributed by atoms with E-state index in [1.807, 2.05) is 18.2 Å². The van der Waals surface area contributed by atoms with Crippen LogP contribution in [0.5, 0.6) is 0 Å². The number of hydrogen-bond donors (Lipinski definition) is 0. The molecule has 1 aromatic carbocycles. The maximum Gasteiger partial charge on any atom is 0.0893 e. The zero-order chi connectivity index (χ0) is 10.9. The van der Waals surface area contributed by atoms with Gasteiger partial charge in [-0.05, 0) is 17.0 Å². The summed E-state index contributed by atoms with van der Waals surface area (Å²) in [5.74, 6) is 0. The molecule has 78 valence electrons. The van der Waals surface area contributed by atoms with E-state index in [0.717, 1.165) is 5.69 Å². The molecule has 0 atom stereocenters. The smallest absolute Gasteiger partial charge is 0.0893 e. The summed E-state index contributed by atoms with van der Waals surface area (Å²) >= 11 is 0. The normalized spacial score (nSPS) is 11.7. The molecule has 3 heteroatoms. The van der Waals surface area contributed by atoms with Crippen molar-refractivity contribution in [3.63, 3.8) is 0 Å². The molecule has 0 bridgehead atoms. The first-order chi connectivity index (χ1) is 7.09. The van der Waals surface area contributed by atoms with Crippen LogP contribution in [0.4, 0.5) is 0 Å². The van der Waals surface area contributed by atoms with E-state index in [1.54, 1.807) is 17.2 Å². The van der Waals surface area contributed by atoms with Gasteiger partial charge in [0.1, 0.15) is 0 Å². The second-order valence-electron chi connectivity index (χ2n) is 4.59. The molecule has 0 aliphatic heterocycles. The van der Waals surface area contributed by atoms with Crippen LogP contribution in [0.1, 0.15) is 26.3 Å². The van der Waals surface area contributed by atoms with Crippen LogP contribution in [0.3, 0.4) is 0 Å². The molecule has 1 heterocycles. The fourth-order valence-electron chi connectivity index (χ4n) is 1.62. The fourth-order valence-corrected chi connectivity index (χ4v) is 1.62. The topological polar surface area (TPSA) is 30.7 Å². The first kappa shape index (κ1) is 9.90. The highest BCUT2D eigenvalue weighted by Gasteiger charge is 2.18. The first-order valence-corrected chi connectivity index (χ1v) is 5.05. The SMILES string of the molecule is CC(C)(C)c1ccccc1-n1nccn1. The molecular formula is C12H15N3. The predicted molar refractivity (Wildman–Crippen MR) is 60.1 cm³/mol. The van der Waals surface area contributed by atoms with Gasteiger partial charge in [-0.25, -0.2) is 0 Å². The molecule has 0 N–H and O–H groups in total. The quantitative estimate of drug-likeness (QED) is 0.710. The number of rotatable bonds is 1. The maximum absolute atomic E-state index is 4.17. The monoisotopic (exact) mass is 201 g/mol. The zero-order valence-electron chi connectivity index (χ0n) is 9.31. The summed E-state index contributed by atoms with van der Waals surface area (Å²) in [6.07, 6.45) is 3.39. The van der Waals surface area contributed by atoms with Gasteiger partial charge in [0, 0.05) is 0 Å². The molecule has 0 aliphatic rings. The van der Waals surface area contributed by atoms with Gasteiger partial charge < -0.3 is 0 Å². The summed E-state index contributed by atoms with van der Waals surface area (Å²) in [6, 6.07) is 8.22. The van der Waals surface area contributed by atoms with Gasteiger partial charge in [-0.2, -0.15) is 15.0 Å². The maximum atomic E-state index is 4.17. The third-order valence-electron chi connectivity index (χ3n) is 2.35. The second-order valence-corrected chi connectivity index (χ2v) is 4.59. The molecule has 2 aromatic rings. The highest BCUT2D eigenvalue weighted by molar-refractivity contribution is 5.43. The Hall–Kier alpha value is -1.64. The Kier molecular flexibility index (Phi) is 2.31. The lowest BCUT2D eigenvalue weighted by Crippen LogP contribution is -2.16. The van der Waals surface area contributed by atoms with Crippen molar-refractivity contribution in [2.24, 2.45) is 0 Å². The standard InChI is InChI=1S/C12H15N3/c1-12(2,3)10-6-4-5-7-11(10)15-13-8-9-14-15/h4-9H,1-3H3. The molecule has 0 fully saturated rings. The van der Waals surface area contributed by atoms with Crippen LogP contribution in [-0.2, 0) is 5.41 Å². The van der Waals surface area contributed by atoms with E-state index < -0.39 is 0 Å². The molecule has 15 heavy (non-hydrogen) atoms. The van der Waals surface area contributed by atoms with Crippen LogP contribution in [0.25, 0.3) is 5.69 Å². The van der Waals surface area contributed by atoms with Crippen LogP contribution in [0.15, 0.2) is 36.7 Å². The van der Waals surface area contributed by atoms with Crippen LogP contribution in [-0.4, -0.2) is 15.0 Å². The van der Waals surface area contributed by atoms with Crippen LogP contribution in [0.2, 0.25) is 0 Å². The van der Waals surface area contributed by atoms with E-state index in [9.17, 15) is 0 Å². The number of nitrogens with zero attached hydrogens (tertiary/aromatic N) is 3. The average molecular weight is 201 g/mol. The Morgan fingerprint density at radius 2 is 1.60 bits per heavy atom. The van der Waals surface area contributed by atoms with Crippen molar-refractivity contribution in [3.05, 3.63) is 42.2 Å². The first-order valence-electron chi connectivity index (χ1n) is 5.05. The highest BCUT2D eigenvalue weighted by Crippen LogP contribution is 2.27. The van der Waals surface area contributed by atoms with Gasteiger partial charge in [0.15, 0.2) is 0 Å². The van der Waals surface area contributed by atoms with Crippen molar-refractivity contribution in [2.45, 2.75) is 26.2 Å². The molecule has 3 nitrogen and oxygen atoms in total. The fraction of sp³-hybridized carbons (Fsp3) is 0.333. The van der Waals surface area contributed by atoms with Crippen LogP contribution in [0, 0.1) is 0 Å². The largest absolute Gasteiger partial charge is 0.157 e. The third-order valence-corrected chi connectivity index (χ3v) is 2.35. The van der Waals surface area contributed by atoms with Crippen LogP contribution >= 0.6 is 0 Å². The number of hydrogen-bond acceptors (Lipinski definition) is 2. The van der Waals surface area contributed by atoms with Crippen molar-refractivity contribution in [3.8, 4) is 5.69 Å². The van der Waals surface area contributed by atoms with Gasteiger partial charge in [0.05, 0.1) is 18.1 Å². The Morgan fingerprint density at radius 3 is 2.20 bits per heavy atom. The van der Waals surface area contributed by atoms with E-state index >= 15 is 0 Å². The summed E-state index contributed by atoms with van der Waals surface area (Å²) in [5, 5.41) is 8.33. The van der Waals surface area contributed by atoms with E-state index in [1.165, 1.54) is 5.56 Å². The lowest BCUT2D eigenvalue weighted by Gasteiger charge is -2.21. The van der Waals surface area contributed by atoms with Crippen LogP contribution < -0.4 is 0 Å². The van der Waals surface area contributed by atoms with Crippen molar-refractivity contribution in [1.82, 2.24) is 15.0 Å². The van der Waals surface area contributed by atoms with E-state index in [0.29, 0.717) is 0 Å². The summed E-state index contributed by atoms with van der Waals surface area (Å²) in [4.78, 5) is 1.67. The van der Waals surface area contributed by atoms with Gasteiger partial charge in [0.25, 0.3) is 0 Å². The zero-order valence-corrected chi connectivity index (χ0v) is 9.31. The van der Waals surface area contributed by atoms with E-state index in [2.05, 4.69) is 37.0 Å². The van der Waals surface area contributed by atoms with E-state index in [-0.39, 0.29) is 5.41 Å². The molecule has 0 amide bonds. The highest BCUT2D eigenvalue weighted by atomic mass is 15.5. The van der Waals surface area contributed by atoms with Gasteiger partial charge in [-0.1, -0.05) is 39.0 Å². The molecule has 0 saturated carbocycles. The average Bonchev–Trinajstić information content (AvgIpc) is 2.69. The van der Waals surface area contributed by atoms with Crippen molar-refractivity contribution >= 4 is 0 Å². The van der Waals surface area contributed by atoms with E-state index in [4.69, 9.17) is 0 Å².